The second-order valence-corrected chi connectivity index (χ2v) is 9.27. The van der Waals surface area contributed by atoms with Gasteiger partial charge in [-0.15, -0.1) is 0 Å². The number of aryl methyl sites for hydroxylation is 2. The van der Waals surface area contributed by atoms with Gasteiger partial charge in [0, 0.05) is 39.0 Å². The van der Waals surface area contributed by atoms with Crippen LogP contribution in [0.15, 0.2) is 6.20 Å². The lowest BCUT2D eigenvalue weighted by Crippen LogP contribution is -2.34. The van der Waals surface area contributed by atoms with Gasteiger partial charge in [-0.25, -0.2) is 9.97 Å². The summed E-state index contributed by atoms with van der Waals surface area (Å²) >= 11 is 0. The van der Waals surface area contributed by atoms with Gasteiger partial charge in [0.2, 0.25) is 5.95 Å². The van der Waals surface area contributed by atoms with Crippen LogP contribution in [0.25, 0.3) is 11.4 Å². The number of fused-ring (bicyclic) bond motifs is 3. The molecule has 2 aromatic heterocycles. The minimum absolute atomic E-state index is 0.160. The van der Waals surface area contributed by atoms with Gasteiger partial charge in [0.05, 0.1) is 18.0 Å². The summed E-state index contributed by atoms with van der Waals surface area (Å²) in [6.45, 7) is 7.66. The van der Waals surface area contributed by atoms with Crippen LogP contribution in [-0.2, 0) is 24.6 Å². The van der Waals surface area contributed by atoms with Gasteiger partial charge in [-0.2, -0.15) is 5.10 Å². The average molecular weight is 456 g/mol. The highest BCUT2D eigenvalue weighted by atomic mass is 16.5. The zero-order valence-electron chi connectivity index (χ0n) is 20.2. The maximum atomic E-state index is 12.7. The van der Waals surface area contributed by atoms with Crippen LogP contribution in [0.5, 0.6) is 0 Å². The zero-order valence-corrected chi connectivity index (χ0v) is 20.2. The fourth-order valence-corrected chi connectivity index (χ4v) is 4.76. The molecule has 1 amide bonds. The Balaban J connectivity index is 1.44. The van der Waals surface area contributed by atoms with Gasteiger partial charge in [0.1, 0.15) is 0 Å². The highest BCUT2D eigenvalue weighted by molar-refractivity contribution is 5.95. The first-order valence-electron chi connectivity index (χ1n) is 12.2. The van der Waals surface area contributed by atoms with Gasteiger partial charge in [0.15, 0.2) is 5.69 Å². The van der Waals surface area contributed by atoms with E-state index < -0.39 is 0 Å². The van der Waals surface area contributed by atoms with Gasteiger partial charge in [-0.1, -0.05) is 6.92 Å². The standard InChI is InChI=1S/C24H37N7O2/c1-17-8-13-31(14-9-17)12-5-10-26-24-27-16-18-6-4-7-19-21(23(32)25-11-15-33-3)29-30(2)22(19)20(18)28-24/h16-17H,4-15H2,1-3H3,(H,25,32)(H,26,27,28). The average Bonchev–Trinajstić information content (AvgIpc) is 3.02. The molecule has 2 aliphatic rings. The zero-order chi connectivity index (χ0) is 23.2. The molecular formula is C24H37N7O2. The van der Waals surface area contributed by atoms with Gasteiger partial charge in [-0.3, -0.25) is 9.48 Å². The number of piperidine rings is 1. The van der Waals surface area contributed by atoms with Crippen LogP contribution < -0.4 is 10.6 Å². The number of hydrogen-bond donors (Lipinski definition) is 2. The van der Waals surface area contributed by atoms with E-state index in [4.69, 9.17) is 9.72 Å². The summed E-state index contributed by atoms with van der Waals surface area (Å²) in [6.07, 6.45) is 8.23. The van der Waals surface area contributed by atoms with Gasteiger partial charge < -0.3 is 20.3 Å². The van der Waals surface area contributed by atoms with Crippen LogP contribution in [0.4, 0.5) is 5.95 Å². The summed E-state index contributed by atoms with van der Waals surface area (Å²) in [5.41, 5.74) is 4.37. The number of ether oxygens (including phenoxy) is 1. The maximum absolute atomic E-state index is 12.7. The van der Waals surface area contributed by atoms with Crippen LogP contribution in [-0.4, -0.2) is 77.0 Å². The Morgan fingerprint density at radius 1 is 1.24 bits per heavy atom. The van der Waals surface area contributed by atoms with E-state index in [1.165, 1.54) is 25.9 Å². The molecule has 1 aliphatic heterocycles. The number of nitrogens with one attached hydrogen (secondary N) is 2. The Hall–Kier alpha value is -2.52. The molecule has 1 saturated heterocycles. The third-order valence-electron chi connectivity index (χ3n) is 6.72. The monoisotopic (exact) mass is 455 g/mol. The largest absolute Gasteiger partial charge is 0.383 e. The molecular weight excluding hydrogens is 418 g/mol. The van der Waals surface area contributed by atoms with Crippen molar-refractivity contribution in [2.24, 2.45) is 13.0 Å². The first kappa shape index (κ1) is 23.6. The Kier molecular flexibility index (Phi) is 7.93. The van der Waals surface area contributed by atoms with E-state index >= 15 is 0 Å². The molecule has 0 radical (unpaired) electrons. The van der Waals surface area contributed by atoms with Crippen LogP contribution in [0, 0.1) is 5.92 Å². The van der Waals surface area contributed by atoms with E-state index in [-0.39, 0.29) is 5.91 Å². The summed E-state index contributed by atoms with van der Waals surface area (Å²) < 4.78 is 6.83. The summed E-state index contributed by atoms with van der Waals surface area (Å²) in [4.78, 5) is 24.7. The predicted molar refractivity (Wildman–Crippen MR) is 128 cm³/mol. The predicted octanol–water partition coefficient (Wildman–Crippen LogP) is 2.28. The van der Waals surface area contributed by atoms with Crippen molar-refractivity contribution in [3.05, 3.63) is 23.0 Å². The van der Waals surface area contributed by atoms with Crippen molar-refractivity contribution in [3.8, 4) is 11.4 Å². The molecule has 3 heterocycles. The van der Waals surface area contributed by atoms with Crippen molar-refractivity contribution in [2.75, 3.05) is 51.8 Å². The Morgan fingerprint density at radius 3 is 2.85 bits per heavy atom. The Labute approximate surface area is 196 Å². The molecule has 2 N–H and O–H groups in total. The summed E-state index contributed by atoms with van der Waals surface area (Å²) in [5.74, 6) is 1.34. The fourth-order valence-electron chi connectivity index (χ4n) is 4.76. The number of likely N-dealkylation sites (tertiary alicyclic amines) is 1. The van der Waals surface area contributed by atoms with Gasteiger partial charge in [0.25, 0.3) is 5.91 Å². The Bertz CT molecular complexity index is 951. The second-order valence-electron chi connectivity index (χ2n) is 9.27. The number of aromatic nitrogens is 4. The van der Waals surface area contributed by atoms with E-state index in [0.717, 1.165) is 67.2 Å². The lowest BCUT2D eigenvalue weighted by molar-refractivity contribution is 0.0930. The number of nitrogens with zero attached hydrogens (tertiary/aromatic N) is 5. The number of amides is 1. The van der Waals surface area contributed by atoms with Gasteiger partial charge >= 0.3 is 0 Å². The van der Waals surface area contributed by atoms with Gasteiger partial charge in [-0.05, 0) is 69.6 Å². The van der Waals surface area contributed by atoms with Crippen molar-refractivity contribution in [3.63, 3.8) is 0 Å². The van der Waals surface area contributed by atoms with E-state index in [0.29, 0.717) is 24.8 Å². The molecule has 1 aliphatic carbocycles. The van der Waals surface area contributed by atoms with Crippen molar-refractivity contribution in [2.45, 2.75) is 45.4 Å². The summed E-state index contributed by atoms with van der Waals surface area (Å²) in [7, 11) is 3.50. The lowest BCUT2D eigenvalue weighted by Gasteiger charge is -2.30. The maximum Gasteiger partial charge on any atom is 0.272 e. The molecule has 0 unspecified atom stereocenters. The highest BCUT2D eigenvalue weighted by Crippen LogP contribution is 2.33. The first-order valence-corrected chi connectivity index (χ1v) is 12.2. The van der Waals surface area contributed by atoms with Crippen LogP contribution in [0.2, 0.25) is 0 Å². The fraction of sp³-hybridized carbons (Fsp3) is 0.667. The smallest absolute Gasteiger partial charge is 0.272 e. The lowest BCUT2D eigenvalue weighted by atomic mass is 9.99. The Morgan fingerprint density at radius 2 is 2.06 bits per heavy atom. The molecule has 0 saturated carbocycles. The number of carbonyl (C=O) groups is 1. The number of hydrogen-bond acceptors (Lipinski definition) is 7. The van der Waals surface area contributed by atoms with E-state index in [1.54, 1.807) is 11.8 Å². The van der Waals surface area contributed by atoms with Crippen molar-refractivity contribution in [1.82, 2.24) is 30.0 Å². The highest BCUT2D eigenvalue weighted by Gasteiger charge is 2.27. The molecule has 0 aromatic carbocycles. The van der Waals surface area contributed by atoms with Crippen LogP contribution in [0.1, 0.15) is 54.2 Å². The summed E-state index contributed by atoms with van der Waals surface area (Å²) in [6, 6.07) is 0. The quantitative estimate of drug-likeness (QED) is 0.560. The molecule has 33 heavy (non-hydrogen) atoms. The normalized spacial score (nSPS) is 16.7. The minimum Gasteiger partial charge on any atom is -0.383 e. The molecule has 0 bridgehead atoms. The molecule has 9 heteroatoms. The summed E-state index contributed by atoms with van der Waals surface area (Å²) in [5, 5.41) is 10.9. The van der Waals surface area contributed by atoms with Crippen LogP contribution >= 0.6 is 0 Å². The SMILES string of the molecule is COCCNC(=O)c1nn(C)c2c1CCCc1cnc(NCCCN3CCC(C)CC3)nc1-2. The third-order valence-corrected chi connectivity index (χ3v) is 6.72. The minimum atomic E-state index is -0.160. The molecule has 180 valence electrons. The molecule has 4 rings (SSSR count). The van der Waals surface area contributed by atoms with E-state index in [9.17, 15) is 4.79 Å². The topological polar surface area (TPSA) is 97.2 Å². The van der Waals surface area contributed by atoms with Crippen molar-refractivity contribution < 1.29 is 9.53 Å². The van der Waals surface area contributed by atoms with Crippen molar-refractivity contribution >= 4 is 11.9 Å². The second kappa shape index (κ2) is 11.1. The molecule has 0 atom stereocenters. The molecule has 2 aromatic rings. The molecule has 0 spiro atoms. The number of anilines is 1. The molecule has 9 nitrogen and oxygen atoms in total. The van der Waals surface area contributed by atoms with Crippen LogP contribution in [0.3, 0.4) is 0 Å². The first-order chi connectivity index (χ1) is 16.1. The number of rotatable bonds is 9. The van der Waals surface area contributed by atoms with E-state index in [2.05, 4.69) is 32.5 Å². The number of methoxy groups -OCH3 is 1. The molecule has 1 fully saturated rings. The van der Waals surface area contributed by atoms with Crippen molar-refractivity contribution in [1.29, 1.82) is 0 Å². The number of carbonyl (C=O) groups excluding carboxylic acids is 1. The van der Waals surface area contributed by atoms with E-state index in [1.807, 2.05) is 13.2 Å². The third kappa shape index (κ3) is 5.70.